The van der Waals surface area contributed by atoms with E-state index in [4.69, 9.17) is 22.4 Å². The number of benzene rings is 1. The van der Waals surface area contributed by atoms with E-state index >= 15 is 0 Å². The maximum absolute atomic E-state index is 12.4. The lowest BCUT2D eigenvalue weighted by Crippen LogP contribution is -2.32. The quantitative estimate of drug-likeness (QED) is 0.786. The summed E-state index contributed by atoms with van der Waals surface area (Å²) in [4.78, 5) is 1.28. The van der Waals surface area contributed by atoms with Crippen molar-refractivity contribution in [3.63, 3.8) is 0 Å². The number of alkyl halides is 2. The molecule has 0 aromatic heterocycles. The summed E-state index contributed by atoms with van der Waals surface area (Å²) < 4.78 is 24.7. The molecule has 0 amide bonds. The molecule has 1 rings (SSSR count). The van der Waals surface area contributed by atoms with Crippen LogP contribution in [0.5, 0.6) is 0 Å². The van der Waals surface area contributed by atoms with Gasteiger partial charge in [-0.25, -0.2) is 8.78 Å². The second kappa shape index (κ2) is 5.86. The van der Waals surface area contributed by atoms with Gasteiger partial charge < -0.3 is 15.7 Å². The fourth-order valence-corrected chi connectivity index (χ4v) is 1.75. The second-order valence-electron chi connectivity index (χ2n) is 3.24. The van der Waals surface area contributed by atoms with E-state index in [0.717, 1.165) is 0 Å². The Hall–Kier alpha value is -1.07. The molecule has 16 heavy (non-hydrogen) atoms. The van der Waals surface area contributed by atoms with Crippen LogP contribution in [-0.4, -0.2) is 31.2 Å². The summed E-state index contributed by atoms with van der Waals surface area (Å²) in [6.45, 7) is -0.676. The van der Waals surface area contributed by atoms with Crippen molar-refractivity contribution in [1.29, 1.82) is 0 Å². The molecule has 0 saturated heterocycles. The van der Waals surface area contributed by atoms with Crippen LogP contribution < -0.4 is 10.6 Å². The molecule has 3 nitrogen and oxygen atoms in total. The Labute approximate surface area is 97.4 Å². The Morgan fingerprint density at radius 1 is 1.44 bits per heavy atom. The van der Waals surface area contributed by atoms with E-state index < -0.39 is 13.0 Å². The van der Waals surface area contributed by atoms with E-state index in [0.29, 0.717) is 16.4 Å². The molecule has 0 fully saturated rings. The van der Waals surface area contributed by atoms with Crippen LogP contribution in [0.2, 0.25) is 5.02 Å². The van der Waals surface area contributed by atoms with Gasteiger partial charge in [-0.05, 0) is 12.1 Å². The molecular formula is C10H13ClF2N2O. The zero-order valence-electron chi connectivity index (χ0n) is 8.54. The monoisotopic (exact) mass is 250 g/mol. The van der Waals surface area contributed by atoms with Crippen LogP contribution in [0, 0.1) is 0 Å². The van der Waals surface area contributed by atoms with Crippen LogP contribution in [0.3, 0.4) is 0 Å². The molecule has 6 heteroatoms. The van der Waals surface area contributed by atoms with Crippen molar-refractivity contribution in [3.8, 4) is 0 Å². The van der Waals surface area contributed by atoms with Gasteiger partial charge in [0.1, 0.15) is 0 Å². The summed E-state index contributed by atoms with van der Waals surface area (Å²) in [5.74, 6) is 0. The molecule has 3 N–H and O–H groups in total. The van der Waals surface area contributed by atoms with Crippen molar-refractivity contribution in [3.05, 3.63) is 23.2 Å². The summed E-state index contributed by atoms with van der Waals surface area (Å²) in [7, 11) is 0. The Balaban J connectivity index is 3.00. The number of rotatable bonds is 5. The molecule has 0 atom stereocenters. The summed E-state index contributed by atoms with van der Waals surface area (Å²) in [5, 5.41) is 9.12. The number of aliphatic hydroxyl groups excluding tert-OH is 1. The predicted molar refractivity (Wildman–Crippen MR) is 61.2 cm³/mol. The molecule has 0 aliphatic rings. The lowest BCUT2D eigenvalue weighted by Gasteiger charge is -2.25. The van der Waals surface area contributed by atoms with Crippen LogP contribution >= 0.6 is 11.6 Å². The van der Waals surface area contributed by atoms with Crippen molar-refractivity contribution in [1.82, 2.24) is 0 Å². The van der Waals surface area contributed by atoms with Gasteiger partial charge in [-0.15, -0.1) is 0 Å². The molecular weight excluding hydrogens is 238 g/mol. The number of hydrogen-bond donors (Lipinski definition) is 2. The molecule has 0 spiro atoms. The number of nitrogens with two attached hydrogens (primary N) is 1. The smallest absolute Gasteiger partial charge is 0.255 e. The average molecular weight is 251 g/mol. The maximum atomic E-state index is 12.4. The summed E-state index contributed by atoms with van der Waals surface area (Å²) in [6.07, 6.45) is -2.51. The van der Waals surface area contributed by atoms with Gasteiger partial charge in [-0.2, -0.15) is 0 Å². The molecule has 0 radical (unpaired) electrons. The van der Waals surface area contributed by atoms with Gasteiger partial charge in [0.05, 0.1) is 29.5 Å². The van der Waals surface area contributed by atoms with Crippen molar-refractivity contribution in [2.75, 3.05) is 30.3 Å². The van der Waals surface area contributed by atoms with E-state index in [-0.39, 0.29) is 13.2 Å². The highest BCUT2D eigenvalue weighted by molar-refractivity contribution is 6.34. The molecule has 0 heterocycles. The Bertz CT molecular complexity index is 329. The van der Waals surface area contributed by atoms with Crippen molar-refractivity contribution in [2.24, 2.45) is 0 Å². The second-order valence-corrected chi connectivity index (χ2v) is 3.65. The number of anilines is 2. The van der Waals surface area contributed by atoms with Crippen LogP contribution in [0.4, 0.5) is 20.2 Å². The number of hydrogen-bond acceptors (Lipinski definition) is 3. The third kappa shape index (κ3) is 3.21. The fourth-order valence-electron chi connectivity index (χ4n) is 1.45. The van der Waals surface area contributed by atoms with Crippen LogP contribution in [0.25, 0.3) is 0 Å². The number of nitrogen functional groups attached to an aromatic ring is 1. The van der Waals surface area contributed by atoms with Crippen LogP contribution in [0.1, 0.15) is 0 Å². The van der Waals surface area contributed by atoms with E-state index in [2.05, 4.69) is 0 Å². The van der Waals surface area contributed by atoms with Crippen molar-refractivity contribution in [2.45, 2.75) is 6.43 Å². The Morgan fingerprint density at radius 3 is 2.62 bits per heavy atom. The molecule has 1 aromatic carbocycles. The minimum Gasteiger partial charge on any atom is -0.397 e. The van der Waals surface area contributed by atoms with Crippen LogP contribution in [0.15, 0.2) is 18.2 Å². The first-order valence-corrected chi connectivity index (χ1v) is 5.12. The molecule has 90 valence electrons. The normalized spacial score (nSPS) is 10.8. The third-order valence-corrected chi connectivity index (χ3v) is 2.37. The number of nitrogens with zero attached hydrogens (tertiary/aromatic N) is 1. The molecule has 0 aliphatic carbocycles. The number of halogens is 3. The lowest BCUT2D eigenvalue weighted by molar-refractivity contribution is 0.153. The molecule has 0 aliphatic heterocycles. The van der Waals surface area contributed by atoms with Gasteiger partial charge >= 0.3 is 0 Å². The van der Waals surface area contributed by atoms with Crippen molar-refractivity contribution >= 4 is 23.0 Å². The predicted octanol–water partition coefficient (Wildman–Crippen LogP) is 1.99. The largest absolute Gasteiger partial charge is 0.397 e. The molecule has 0 bridgehead atoms. The topological polar surface area (TPSA) is 49.5 Å². The third-order valence-electron chi connectivity index (χ3n) is 2.06. The average Bonchev–Trinajstić information content (AvgIpc) is 2.16. The minimum absolute atomic E-state index is 0.0677. The first-order valence-electron chi connectivity index (χ1n) is 4.74. The van der Waals surface area contributed by atoms with Gasteiger partial charge in [-0.3, -0.25) is 0 Å². The zero-order valence-corrected chi connectivity index (χ0v) is 9.29. The number of para-hydroxylation sites is 1. The van der Waals surface area contributed by atoms with E-state index in [1.165, 1.54) is 4.90 Å². The van der Waals surface area contributed by atoms with Gasteiger partial charge in [0.2, 0.25) is 0 Å². The Morgan fingerprint density at radius 2 is 2.12 bits per heavy atom. The zero-order chi connectivity index (χ0) is 12.1. The SMILES string of the molecule is Nc1cccc(Cl)c1N(CCO)CC(F)F. The van der Waals surface area contributed by atoms with Gasteiger partial charge in [0.15, 0.2) is 0 Å². The maximum Gasteiger partial charge on any atom is 0.255 e. The van der Waals surface area contributed by atoms with E-state index in [1.54, 1.807) is 18.2 Å². The fraction of sp³-hybridized carbons (Fsp3) is 0.400. The number of aliphatic hydroxyl groups is 1. The van der Waals surface area contributed by atoms with Gasteiger partial charge in [0, 0.05) is 6.54 Å². The summed E-state index contributed by atoms with van der Waals surface area (Å²) in [6, 6.07) is 4.79. The summed E-state index contributed by atoms with van der Waals surface area (Å²) >= 11 is 5.90. The van der Waals surface area contributed by atoms with Gasteiger partial charge in [0.25, 0.3) is 6.43 Å². The van der Waals surface area contributed by atoms with E-state index in [9.17, 15) is 8.78 Å². The molecule has 0 saturated carbocycles. The lowest BCUT2D eigenvalue weighted by atomic mass is 10.2. The van der Waals surface area contributed by atoms with Crippen molar-refractivity contribution < 1.29 is 13.9 Å². The minimum atomic E-state index is -2.51. The highest BCUT2D eigenvalue weighted by Gasteiger charge is 2.17. The Kier molecular flexibility index (Phi) is 4.76. The first-order chi connectivity index (χ1) is 7.56. The van der Waals surface area contributed by atoms with Gasteiger partial charge in [-0.1, -0.05) is 17.7 Å². The summed E-state index contributed by atoms with van der Waals surface area (Å²) in [5.41, 5.74) is 6.34. The standard InChI is InChI=1S/C10H13ClF2N2O/c11-7-2-1-3-8(14)10(7)15(4-5-16)6-9(12)13/h1-3,9,16H,4-6,14H2. The first kappa shape index (κ1) is 13.0. The van der Waals surface area contributed by atoms with E-state index in [1.807, 2.05) is 0 Å². The molecule has 0 unspecified atom stereocenters. The molecule has 1 aromatic rings. The van der Waals surface area contributed by atoms with Crippen LogP contribution in [-0.2, 0) is 0 Å². The highest BCUT2D eigenvalue weighted by Crippen LogP contribution is 2.31. The highest BCUT2D eigenvalue weighted by atomic mass is 35.5.